The van der Waals surface area contributed by atoms with Gasteiger partial charge in [-0.1, -0.05) is 41.9 Å². The first-order valence-corrected chi connectivity index (χ1v) is 10.8. The molecule has 1 atom stereocenters. The van der Waals surface area contributed by atoms with Crippen molar-refractivity contribution >= 4 is 46.6 Å². The number of thioether (sulfide) groups is 1. The number of hydrogen-bond donors (Lipinski definition) is 0. The number of benzene rings is 3. The van der Waals surface area contributed by atoms with Gasteiger partial charge < -0.3 is 4.90 Å². The molecule has 1 fully saturated rings. The number of rotatable bonds is 3. The highest BCUT2D eigenvalue weighted by Crippen LogP contribution is 2.55. The zero-order chi connectivity index (χ0) is 20.9. The van der Waals surface area contributed by atoms with Gasteiger partial charge in [0.2, 0.25) is 10.8 Å². The standard InChI is InChI=1S/C23H16ClFN2O2S/c24-16-7-5-15(6-8-16)13-26-20-4-2-1-3-19(20)23(22(26)29)27(21(28)14-30-23)18-11-9-17(25)10-12-18/h1-12H,13-14H2/t23-/m0/s1. The van der Waals surface area contributed by atoms with Crippen molar-refractivity contribution in [2.45, 2.75) is 11.4 Å². The van der Waals surface area contributed by atoms with Gasteiger partial charge in [-0.05, 0) is 48.0 Å². The summed E-state index contributed by atoms with van der Waals surface area (Å²) in [5, 5.41) is 0.628. The lowest BCUT2D eigenvalue weighted by Gasteiger charge is -2.33. The fourth-order valence-electron chi connectivity index (χ4n) is 4.07. The normalized spacial score (nSPS) is 20.3. The van der Waals surface area contributed by atoms with E-state index in [-0.39, 0.29) is 17.6 Å². The molecule has 0 radical (unpaired) electrons. The van der Waals surface area contributed by atoms with Crippen LogP contribution in [0.4, 0.5) is 15.8 Å². The van der Waals surface area contributed by atoms with Crippen LogP contribution in [0.5, 0.6) is 0 Å². The molecule has 2 aliphatic rings. The molecule has 30 heavy (non-hydrogen) atoms. The Balaban J connectivity index is 1.62. The van der Waals surface area contributed by atoms with Crippen LogP contribution in [0.25, 0.3) is 0 Å². The Morgan fingerprint density at radius 2 is 1.67 bits per heavy atom. The highest BCUT2D eigenvalue weighted by atomic mass is 35.5. The maximum Gasteiger partial charge on any atom is 0.269 e. The van der Waals surface area contributed by atoms with E-state index in [0.717, 1.165) is 16.8 Å². The van der Waals surface area contributed by atoms with Crippen molar-refractivity contribution in [3.05, 3.63) is 94.8 Å². The minimum atomic E-state index is -1.20. The Morgan fingerprint density at radius 1 is 0.967 bits per heavy atom. The topological polar surface area (TPSA) is 40.6 Å². The van der Waals surface area contributed by atoms with E-state index in [1.54, 1.807) is 29.2 Å². The highest BCUT2D eigenvalue weighted by molar-refractivity contribution is 8.02. The first-order valence-electron chi connectivity index (χ1n) is 9.39. The second-order valence-corrected chi connectivity index (χ2v) is 8.78. The number of carbonyl (C=O) groups excluding carboxylic acids is 2. The molecule has 1 saturated heterocycles. The zero-order valence-electron chi connectivity index (χ0n) is 15.7. The second kappa shape index (κ2) is 7.15. The summed E-state index contributed by atoms with van der Waals surface area (Å²) in [5.74, 6) is -0.580. The first-order chi connectivity index (χ1) is 14.5. The number of nitrogens with zero attached hydrogens (tertiary/aromatic N) is 2. The maximum atomic E-state index is 13.9. The Hall–Kier alpha value is -2.83. The minimum absolute atomic E-state index is 0.173. The molecule has 0 N–H and O–H groups in total. The van der Waals surface area contributed by atoms with Crippen molar-refractivity contribution in [3.8, 4) is 0 Å². The van der Waals surface area contributed by atoms with Gasteiger partial charge >= 0.3 is 0 Å². The van der Waals surface area contributed by atoms with Gasteiger partial charge in [0.05, 0.1) is 18.0 Å². The molecule has 3 aromatic carbocycles. The molecule has 4 nitrogen and oxygen atoms in total. The lowest BCUT2D eigenvalue weighted by Crippen LogP contribution is -2.49. The molecular weight excluding hydrogens is 423 g/mol. The van der Waals surface area contributed by atoms with Crippen molar-refractivity contribution in [1.29, 1.82) is 0 Å². The summed E-state index contributed by atoms with van der Waals surface area (Å²) in [7, 11) is 0. The molecule has 2 amide bonds. The minimum Gasteiger partial charge on any atom is -0.304 e. The number of halogens is 2. The number of amides is 2. The summed E-state index contributed by atoms with van der Waals surface area (Å²) in [6.45, 7) is 0.362. The van der Waals surface area contributed by atoms with Crippen molar-refractivity contribution in [1.82, 2.24) is 0 Å². The maximum absolute atomic E-state index is 13.9. The lowest BCUT2D eigenvalue weighted by molar-refractivity contribution is -0.123. The third kappa shape index (κ3) is 2.82. The summed E-state index contributed by atoms with van der Waals surface area (Å²) >= 11 is 7.30. The van der Waals surface area contributed by atoms with Crippen LogP contribution in [0.2, 0.25) is 5.02 Å². The largest absolute Gasteiger partial charge is 0.304 e. The summed E-state index contributed by atoms with van der Waals surface area (Å²) in [6.07, 6.45) is 0. The first kappa shape index (κ1) is 19.2. The number of para-hydroxylation sites is 1. The van der Waals surface area contributed by atoms with Crippen LogP contribution in [0.1, 0.15) is 11.1 Å². The van der Waals surface area contributed by atoms with Crippen LogP contribution in [0, 0.1) is 5.82 Å². The van der Waals surface area contributed by atoms with Gasteiger partial charge in [0.25, 0.3) is 5.91 Å². The summed E-state index contributed by atoms with van der Waals surface area (Å²) in [5.41, 5.74) is 2.97. The van der Waals surface area contributed by atoms with E-state index in [1.807, 2.05) is 36.4 Å². The van der Waals surface area contributed by atoms with E-state index in [9.17, 15) is 14.0 Å². The van der Waals surface area contributed by atoms with Crippen molar-refractivity contribution in [3.63, 3.8) is 0 Å². The number of carbonyl (C=O) groups is 2. The third-order valence-electron chi connectivity index (χ3n) is 5.40. The van der Waals surface area contributed by atoms with E-state index < -0.39 is 10.7 Å². The lowest BCUT2D eigenvalue weighted by atomic mass is 10.0. The molecule has 1 spiro atoms. The van der Waals surface area contributed by atoms with E-state index in [2.05, 4.69) is 0 Å². The van der Waals surface area contributed by atoms with Crippen molar-refractivity contribution < 1.29 is 14.0 Å². The molecule has 0 saturated carbocycles. The Bertz CT molecular complexity index is 1150. The predicted molar refractivity (Wildman–Crippen MR) is 117 cm³/mol. The fourth-order valence-corrected chi connectivity index (χ4v) is 5.56. The Morgan fingerprint density at radius 3 is 2.40 bits per heavy atom. The van der Waals surface area contributed by atoms with Gasteiger partial charge in [0.15, 0.2) is 0 Å². The number of anilines is 2. The Labute approximate surface area is 182 Å². The zero-order valence-corrected chi connectivity index (χ0v) is 17.3. The highest BCUT2D eigenvalue weighted by Gasteiger charge is 2.60. The third-order valence-corrected chi connectivity index (χ3v) is 7.04. The van der Waals surface area contributed by atoms with E-state index in [4.69, 9.17) is 11.6 Å². The second-order valence-electron chi connectivity index (χ2n) is 7.17. The average molecular weight is 439 g/mol. The summed E-state index contributed by atoms with van der Waals surface area (Å²) in [4.78, 5) is 28.8. The molecule has 0 aliphatic carbocycles. The van der Waals surface area contributed by atoms with Gasteiger partial charge in [-0.25, -0.2) is 4.39 Å². The molecule has 0 unspecified atom stereocenters. The van der Waals surface area contributed by atoms with Crippen molar-refractivity contribution in [2.24, 2.45) is 0 Å². The van der Waals surface area contributed by atoms with Crippen LogP contribution in [-0.4, -0.2) is 17.6 Å². The molecule has 7 heteroatoms. The van der Waals surface area contributed by atoms with Crippen molar-refractivity contribution in [2.75, 3.05) is 15.6 Å². The van der Waals surface area contributed by atoms with Gasteiger partial charge in [0, 0.05) is 16.3 Å². The van der Waals surface area contributed by atoms with Gasteiger partial charge in [-0.3, -0.25) is 14.5 Å². The Kier molecular flexibility index (Phi) is 4.56. The predicted octanol–water partition coefficient (Wildman–Crippen LogP) is 4.96. The van der Waals surface area contributed by atoms with Crippen LogP contribution in [-0.2, 0) is 21.0 Å². The molecular formula is C23H16ClFN2O2S. The molecule has 2 heterocycles. The summed E-state index contributed by atoms with van der Waals surface area (Å²) < 4.78 is 13.5. The monoisotopic (exact) mass is 438 g/mol. The quantitative estimate of drug-likeness (QED) is 0.580. The molecule has 150 valence electrons. The number of hydrogen-bond acceptors (Lipinski definition) is 3. The number of fused-ring (bicyclic) bond motifs is 2. The summed E-state index contributed by atoms with van der Waals surface area (Å²) in [6, 6.07) is 20.6. The van der Waals surface area contributed by atoms with E-state index in [1.165, 1.54) is 28.8 Å². The smallest absolute Gasteiger partial charge is 0.269 e. The van der Waals surface area contributed by atoms with Crippen LogP contribution in [0.3, 0.4) is 0 Å². The van der Waals surface area contributed by atoms with Crippen LogP contribution in [0.15, 0.2) is 72.8 Å². The fraction of sp³-hybridized carbons (Fsp3) is 0.130. The SMILES string of the molecule is O=C1CS[C@@]2(C(=O)N(Cc3ccc(Cl)cc3)c3ccccc32)N1c1ccc(F)cc1. The molecule has 5 rings (SSSR count). The average Bonchev–Trinajstić information content (AvgIpc) is 3.22. The molecule has 3 aromatic rings. The van der Waals surface area contributed by atoms with E-state index in [0.29, 0.717) is 17.3 Å². The van der Waals surface area contributed by atoms with Gasteiger partial charge in [-0.15, -0.1) is 11.8 Å². The van der Waals surface area contributed by atoms with Crippen LogP contribution < -0.4 is 9.80 Å². The molecule has 0 aromatic heterocycles. The van der Waals surface area contributed by atoms with Gasteiger partial charge in [0.1, 0.15) is 5.82 Å². The van der Waals surface area contributed by atoms with Crippen LogP contribution >= 0.6 is 23.4 Å². The van der Waals surface area contributed by atoms with Gasteiger partial charge in [-0.2, -0.15) is 0 Å². The molecule has 2 aliphatic heterocycles. The van der Waals surface area contributed by atoms with E-state index >= 15 is 0 Å². The molecule has 0 bridgehead atoms.